The largest absolute Gasteiger partial charge is 0.306 e. The summed E-state index contributed by atoms with van der Waals surface area (Å²) in [6, 6.07) is 6.92. The molecule has 0 radical (unpaired) electrons. The Morgan fingerprint density at radius 1 is 1.21 bits per heavy atom. The molecule has 0 unspecified atom stereocenters. The number of nitrogens with one attached hydrogen (secondary N) is 1. The normalized spacial score (nSPS) is 10.3. The lowest BCUT2D eigenvalue weighted by Gasteiger charge is -2.08. The Balaban J connectivity index is 2.25. The van der Waals surface area contributed by atoms with E-state index in [1.807, 2.05) is 13.0 Å². The van der Waals surface area contributed by atoms with E-state index in [2.05, 4.69) is 42.2 Å². The number of hydrogen-bond acceptors (Lipinski definition) is 2. The Kier molecular flexibility index (Phi) is 4.60. The standard InChI is InChI=1S/C13H9Br2ClN2O/c1-7-2-10(15)6-17-12(7)18-13(19)8-3-9(14)5-11(16)4-8/h2-6H,1H3,(H,17,18,19). The molecule has 6 heteroatoms. The van der Waals surface area contributed by atoms with Crippen molar-refractivity contribution in [3.63, 3.8) is 0 Å². The number of hydrogen-bond donors (Lipinski definition) is 1. The molecule has 1 N–H and O–H groups in total. The van der Waals surface area contributed by atoms with Gasteiger partial charge in [-0.05, 0) is 52.7 Å². The molecule has 1 aromatic carbocycles. The molecule has 1 aromatic heterocycles. The third-order valence-corrected chi connectivity index (χ3v) is 3.51. The van der Waals surface area contributed by atoms with Crippen molar-refractivity contribution in [2.75, 3.05) is 5.32 Å². The van der Waals surface area contributed by atoms with Crippen molar-refractivity contribution >= 4 is 55.2 Å². The first-order valence-corrected chi connectivity index (χ1v) is 7.31. The molecular formula is C13H9Br2ClN2O. The summed E-state index contributed by atoms with van der Waals surface area (Å²) < 4.78 is 1.62. The lowest BCUT2D eigenvalue weighted by atomic mass is 10.2. The minimum atomic E-state index is -0.249. The van der Waals surface area contributed by atoms with Crippen LogP contribution in [0.15, 0.2) is 39.4 Å². The number of aromatic nitrogens is 1. The van der Waals surface area contributed by atoms with E-state index in [1.165, 1.54) is 0 Å². The lowest BCUT2D eigenvalue weighted by Crippen LogP contribution is -2.14. The van der Waals surface area contributed by atoms with Crippen LogP contribution in [0.25, 0.3) is 0 Å². The molecule has 0 spiro atoms. The van der Waals surface area contributed by atoms with Crippen molar-refractivity contribution in [2.24, 2.45) is 0 Å². The van der Waals surface area contributed by atoms with E-state index >= 15 is 0 Å². The fraction of sp³-hybridized carbons (Fsp3) is 0.0769. The smallest absolute Gasteiger partial charge is 0.256 e. The summed E-state index contributed by atoms with van der Waals surface area (Å²) in [6.07, 6.45) is 1.64. The van der Waals surface area contributed by atoms with Crippen LogP contribution in [-0.4, -0.2) is 10.9 Å². The second kappa shape index (κ2) is 6.03. The molecule has 0 fully saturated rings. The molecule has 1 amide bonds. The van der Waals surface area contributed by atoms with Crippen LogP contribution in [-0.2, 0) is 0 Å². The molecule has 0 aliphatic carbocycles. The number of rotatable bonds is 2. The SMILES string of the molecule is Cc1cc(Br)cnc1NC(=O)c1cc(Cl)cc(Br)c1. The maximum absolute atomic E-state index is 12.1. The summed E-state index contributed by atoms with van der Waals surface area (Å²) in [4.78, 5) is 16.3. The van der Waals surface area contributed by atoms with Gasteiger partial charge in [0.2, 0.25) is 0 Å². The molecule has 0 aliphatic rings. The lowest BCUT2D eigenvalue weighted by molar-refractivity contribution is 0.102. The molecule has 2 rings (SSSR count). The number of halogens is 3. The Morgan fingerprint density at radius 2 is 1.95 bits per heavy atom. The quantitative estimate of drug-likeness (QED) is 0.780. The van der Waals surface area contributed by atoms with E-state index in [1.54, 1.807) is 24.4 Å². The highest BCUT2D eigenvalue weighted by atomic mass is 79.9. The summed E-state index contributed by atoms with van der Waals surface area (Å²) in [6.45, 7) is 1.88. The summed E-state index contributed by atoms with van der Waals surface area (Å²) in [5, 5.41) is 3.26. The zero-order valence-electron chi connectivity index (χ0n) is 9.88. The van der Waals surface area contributed by atoms with Gasteiger partial charge in [0.1, 0.15) is 5.82 Å². The van der Waals surface area contributed by atoms with Crippen LogP contribution in [0.1, 0.15) is 15.9 Å². The number of anilines is 1. The first-order chi connectivity index (χ1) is 8.95. The van der Waals surface area contributed by atoms with E-state index in [0.717, 1.165) is 14.5 Å². The molecule has 0 saturated carbocycles. The highest BCUT2D eigenvalue weighted by Gasteiger charge is 2.10. The van der Waals surface area contributed by atoms with Crippen LogP contribution in [0.3, 0.4) is 0 Å². The molecular weight excluding hydrogens is 395 g/mol. The Labute approximate surface area is 132 Å². The van der Waals surface area contributed by atoms with Gasteiger partial charge in [-0.2, -0.15) is 0 Å². The summed E-state index contributed by atoms with van der Waals surface area (Å²) in [5.74, 6) is 0.283. The van der Waals surface area contributed by atoms with Gasteiger partial charge in [0.15, 0.2) is 0 Å². The average molecular weight is 404 g/mol. The highest BCUT2D eigenvalue weighted by Crippen LogP contribution is 2.21. The predicted molar refractivity (Wildman–Crippen MR) is 83.8 cm³/mol. The second-order valence-electron chi connectivity index (χ2n) is 3.93. The zero-order valence-corrected chi connectivity index (χ0v) is 13.8. The fourth-order valence-electron chi connectivity index (χ4n) is 1.54. The van der Waals surface area contributed by atoms with Crippen molar-refractivity contribution < 1.29 is 4.79 Å². The molecule has 0 saturated heterocycles. The molecule has 0 atom stereocenters. The van der Waals surface area contributed by atoms with E-state index < -0.39 is 0 Å². The van der Waals surface area contributed by atoms with Crippen LogP contribution in [0.4, 0.5) is 5.82 Å². The topological polar surface area (TPSA) is 42.0 Å². The molecule has 0 bridgehead atoms. The summed E-state index contributed by atoms with van der Waals surface area (Å²) >= 11 is 12.5. The first kappa shape index (κ1) is 14.5. The van der Waals surface area contributed by atoms with Gasteiger partial charge in [0, 0.05) is 25.7 Å². The van der Waals surface area contributed by atoms with Crippen LogP contribution >= 0.6 is 43.5 Å². The molecule has 1 heterocycles. The van der Waals surface area contributed by atoms with Gasteiger partial charge >= 0.3 is 0 Å². The maximum atomic E-state index is 12.1. The van der Waals surface area contributed by atoms with Crippen LogP contribution in [0.5, 0.6) is 0 Å². The van der Waals surface area contributed by atoms with Gasteiger partial charge in [-0.3, -0.25) is 4.79 Å². The van der Waals surface area contributed by atoms with Crippen molar-refractivity contribution in [1.82, 2.24) is 4.98 Å². The number of aryl methyl sites for hydroxylation is 1. The summed E-state index contributed by atoms with van der Waals surface area (Å²) in [5.41, 5.74) is 1.35. The maximum Gasteiger partial charge on any atom is 0.256 e. The second-order valence-corrected chi connectivity index (χ2v) is 6.20. The zero-order chi connectivity index (χ0) is 14.0. The molecule has 98 valence electrons. The molecule has 19 heavy (non-hydrogen) atoms. The number of carbonyl (C=O) groups excluding carboxylic acids is 1. The minimum absolute atomic E-state index is 0.249. The van der Waals surface area contributed by atoms with Crippen molar-refractivity contribution in [3.8, 4) is 0 Å². The van der Waals surface area contributed by atoms with Gasteiger partial charge in [0.05, 0.1) is 0 Å². The Bertz CT molecular complexity index is 626. The third kappa shape index (κ3) is 3.78. The van der Waals surface area contributed by atoms with Crippen LogP contribution < -0.4 is 5.32 Å². The minimum Gasteiger partial charge on any atom is -0.306 e. The molecule has 2 aromatic rings. The highest BCUT2D eigenvalue weighted by molar-refractivity contribution is 9.10. The van der Waals surface area contributed by atoms with Crippen molar-refractivity contribution in [3.05, 3.63) is 55.6 Å². The average Bonchev–Trinajstić information content (AvgIpc) is 2.31. The summed E-state index contributed by atoms with van der Waals surface area (Å²) in [7, 11) is 0. The van der Waals surface area contributed by atoms with Gasteiger partial charge in [-0.25, -0.2) is 4.98 Å². The van der Waals surface area contributed by atoms with E-state index in [0.29, 0.717) is 16.4 Å². The van der Waals surface area contributed by atoms with E-state index in [-0.39, 0.29) is 5.91 Å². The van der Waals surface area contributed by atoms with Gasteiger partial charge in [-0.15, -0.1) is 0 Å². The van der Waals surface area contributed by atoms with Gasteiger partial charge in [-0.1, -0.05) is 27.5 Å². The fourth-order valence-corrected chi connectivity index (χ4v) is 2.84. The monoisotopic (exact) mass is 402 g/mol. The number of benzene rings is 1. The van der Waals surface area contributed by atoms with Gasteiger partial charge < -0.3 is 5.32 Å². The van der Waals surface area contributed by atoms with E-state index in [4.69, 9.17) is 11.6 Å². The van der Waals surface area contributed by atoms with Crippen LogP contribution in [0.2, 0.25) is 5.02 Å². The van der Waals surface area contributed by atoms with Crippen molar-refractivity contribution in [2.45, 2.75) is 6.92 Å². The number of carbonyl (C=O) groups is 1. The Hall–Kier alpha value is -0.910. The van der Waals surface area contributed by atoms with Gasteiger partial charge in [0.25, 0.3) is 5.91 Å². The van der Waals surface area contributed by atoms with Crippen LogP contribution in [0, 0.1) is 6.92 Å². The first-order valence-electron chi connectivity index (χ1n) is 5.35. The number of amides is 1. The molecule has 3 nitrogen and oxygen atoms in total. The third-order valence-electron chi connectivity index (χ3n) is 2.40. The number of pyridine rings is 1. The van der Waals surface area contributed by atoms with E-state index in [9.17, 15) is 4.79 Å². The predicted octanol–water partition coefficient (Wildman–Crippen LogP) is 4.82. The number of nitrogens with zero attached hydrogens (tertiary/aromatic N) is 1. The van der Waals surface area contributed by atoms with Crippen molar-refractivity contribution in [1.29, 1.82) is 0 Å². The molecule has 0 aliphatic heterocycles. The Morgan fingerprint density at radius 3 is 2.58 bits per heavy atom.